The zero-order valence-corrected chi connectivity index (χ0v) is 27.8. The number of nitrogens with one attached hydrogen (secondary N) is 2. The van der Waals surface area contributed by atoms with Gasteiger partial charge in [0.1, 0.15) is 23.9 Å². The molecule has 44 heavy (non-hydrogen) atoms. The SMILES string of the molecule is Br.CCOc1cc2c(nc1C(=O)NC)C(=N)N(CC(=O)c1cc(N3CCC(OCC(=O)O)CC3)c(OC)c(C(C)(C)C)c1)C2. The summed E-state index contributed by atoms with van der Waals surface area (Å²) in [5.41, 5.74) is 3.04. The fourth-order valence-corrected chi connectivity index (χ4v) is 5.47. The normalized spacial score (nSPS) is 15.0. The number of benzene rings is 1. The Labute approximate surface area is 268 Å². The summed E-state index contributed by atoms with van der Waals surface area (Å²) in [5.74, 6) is -0.450. The van der Waals surface area contributed by atoms with E-state index >= 15 is 0 Å². The summed E-state index contributed by atoms with van der Waals surface area (Å²) in [7, 11) is 3.13. The van der Waals surface area contributed by atoms with Gasteiger partial charge in [-0.15, -0.1) is 17.0 Å². The standard InChI is InChI=1S/C31H41N5O7.BrH/c1-7-42-24-14-19-15-36(29(32)26(19)34-27(24)30(40)33-5)16-23(37)18-12-21(31(2,3)4)28(41-6)22(13-18)35-10-8-20(9-11-35)43-17-25(38)39;/h12-14,20,32H,7-11,15-17H2,1-6H3,(H,33,40)(H,38,39);1H. The van der Waals surface area contributed by atoms with E-state index in [1.54, 1.807) is 18.1 Å². The average Bonchev–Trinajstić information content (AvgIpc) is 3.27. The molecule has 2 aromatic rings. The van der Waals surface area contributed by atoms with Crippen LogP contribution in [0.3, 0.4) is 0 Å². The lowest BCUT2D eigenvalue weighted by Gasteiger charge is -2.36. The van der Waals surface area contributed by atoms with Crippen LogP contribution in [0.15, 0.2) is 18.2 Å². The largest absolute Gasteiger partial charge is 0.494 e. The van der Waals surface area contributed by atoms with Gasteiger partial charge in [-0.1, -0.05) is 20.8 Å². The molecule has 12 nitrogen and oxygen atoms in total. The van der Waals surface area contributed by atoms with E-state index in [1.165, 1.54) is 7.05 Å². The third-order valence-electron chi connectivity index (χ3n) is 7.67. The van der Waals surface area contributed by atoms with Crippen molar-refractivity contribution in [3.05, 3.63) is 46.3 Å². The molecule has 3 heterocycles. The van der Waals surface area contributed by atoms with Gasteiger partial charge in [0, 0.05) is 43.4 Å². The zero-order valence-electron chi connectivity index (χ0n) is 26.1. The van der Waals surface area contributed by atoms with E-state index < -0.39 is 11.9 Å². The Bertz CT molecular complexity index is 1420. The van der Waals surface area contributed by atoms with E-state index in [-0.39, 0.29) is 59.0 Å². The topological polar surface area (TPSA) is 154 Å². The molecule has 4 rings (SSSR count). The van der Waals surface area contributed by atoms with Crippen LogP contribution < -0.4 is 19.7 Å². The van der Waals surface area contributed by atoms with Gasteiger partial charge in [-0.2, -0.15) is 0 Å². The molecule has 1 saturated heterocycles. The van der Waals surface area contributed by atoms with E-state index in [2.05, 4.69) is 36.0 Å². The maximum atomic E-state index is 13.8. The second-order valence-corrected chi connectivity index (χ2v) is 11.7. The third-order valence-corrected chi connectivity index (χ3v) is 7.67. The molecular formula is C31H42BrN5O7. The van der Waals surface area contributed by atoms with Gasteiger partial charge in [-0.25, -0.2) is 9.78 Å². The number of anilines is 1. The molecule has 1 amide bonds. The third kappa shape index (κ3) is 7.49. The smallest absolute Gasteiger partial charge is 0.329 e. The van der Waals surface area contributed by atoms with Crippen molar-refractivity contribution in [2.45, 2.75) is 58.6 Å². The first-order valence-electron chi connectivity index (χ1n) is 14.4. The van der Waals surface area contributed by atoms with Gasteiger partial charge in [0.05, 0.1) is 32.1 Å². The van der Waals surface area contributed by atoms with Gasteiger partial charge >= 0.3 is 5.97 Å². The van der Waals surface area contributed by atoms with Gasteiger partial charge < -0.3 is 34.4 Å². The van der Waals surface area contributed by atoms with Crippen molar-refractivity contribution in [2.24, 2.45) is 0 Å². The number of carbonyl (C=O) groups is 3. The number of amides is 1. The summed E-state index contributed by atoms with van der Waals surface area (Å²) in [6.07, 6.45) is 1.16. The van der Waals surface area contributed by atoms with Gasteiger partial charge in [-0.3, -0.25) is 15.0 Å². The van der Waals surface area contributed by atoms with Crippen LogP contribution in [0.4, 0.5) is 5.69 Å². The van der Waals surface area contributed by atoms with Crippen LogP contribution in [0, 0.1) is 5.41 Å². The minimum Gasteiger partial charge on any atom is -0.494 e. The minimum atomic E-state index is -0.989. The molecule has 2 aliphatic rings. The molecule has 0 spiro atoms. The van der Waals surface area contributed by atoms with Crippen LogP contribution in [0.5, 0.6) is 11.5 Å². The van der Waals surface area contributed by atoms with Gasteiger partial charge in [-0.05, 0) is 43.4 Å². The summed E-state index contributed by atoms with van der Waals surface area (Å²) < 4.78 is 17.1. The monoisotopic (exact) mass is 675 g/mol. The number of Topliss-reactive ketones (excluding diaryl/α,β-unsaturated/α-hetero) is 1. The number of nitrogens with zero attached hydrogens (tertiary/aromatic N) is 3. The Hall–Kier alpha value is -3.71. The molecule has 1 aromatic heterocycles. The number of hydrogen-bond acceptors (Lipinski definition) is 9. The Kier molecular flexibility index (Phi) is 11.4. The number of carboxylic acid groups (broad SMARTS) is 1. The van der Waals surface area contributed by atoms with Crippen LogP contribution in [-0.4, -0.2) is 91.6 Å². The van der Waals surface area contributed by atoms with E-state index in [4.69, 9.17) is 24.7 Å². The van der Waals surface area contributed by atoms with E-state index in [1.807, 2.05) is 19.1 Å². The highest BCUT2D eigenvalue weighted by molar-refractivity contribution is 8.93. The first-order chi connectivity index (χ1) is 20.4. The lowest BCUT2D eigenvalue weighted by atomic mass is 9.84. The molecule has 0 unspecified atom stereocenters. The van der Waals surface area contributed by atoms with Gasteiger partial charge in [0.15, 0.2) is 17.2 Å². The predicted molar refractivity (Wildman–Crippen MR) is 171 cm³/mol. The number of rotatable bonds is 11. The number of piperidine rings is 1. The lowest BCUT2D eigenvalue weighted by molar-refractivity contribution is -0.144. The van der Waals surface area contributed by atoms with Crippen LogP contribution in [0.2, 0.25) is 0 Å². The van der Waals surface area contributed by atoms with Crippen molar-refractivity contribution in [1.29, 1.82) is 5.41 Å². The maximum Gasteiger partial charge on any atom is 0.329 e. The Morgan fingerprint density at radius 3 is 2.41 bits per heavy atom. The Morgan fingerprint density at radius 2 is 1.84 bits per heavy atom. The molecule has 2 aliphatic heterocycles. The molecule has 1 aromatic carbocycles. The summed E-state index contributed by atoms with van der Waals surface area (Å²) in [4.78, 5) is 45.4. The Balaban J connectivity index is 0.00000529. The number of amidine groups is 1. The number of halogens is 1. The molecule has 0 bridgehead atoms. The highest BCUT2D eigenvalue weighted by atomic mass is 79.9. The van der Waals surface area contributed by atoms with Gasteiger partial charge in [0.25, 0.3) is 5.91 Å². The van der Waals surface area contributed by atoms with Crippen molar-refractivity contribution in [2.75, 3.05) is 51.9 Å². The molecule has 0 atom stereocenters. The first kappa shape index (κ1) is 34.8. The second kappa shape index (κ2) is 14.4. The molecule has 0 radical (unpaired) electrons. The minimum absolute atomic E-state index is 0. The number of ether oxygens (including phenoxy) is 3. The van der Waals surface area contributed by atoms with Crippen LogP contribution in [0.1, 0.15) is 78.2 Å². The molecule has 0 saturated carbocycles. The highest BCUT2D eigenvalue weighted by Gasteiger charge is 2.33. The van der Waals surface area contributed by atoms with Crippen molar-refractivity contribution >= 4 is 46.2 Å². The molecule has 3 N–H and O–H groups in total. The number of carboxylic acids is 1. The van der Waals surface area contributed by atoms with Crippen molar-refractivity contribution in [3.8, 4) is 11.5 Å². The van der Waals surface area contributed by atoms with Crippen molar-refractivity contribution in [1.82, 2.24) is 15.2 Å². The summed E-state index contributed by atoms with van der Waals surface area (Å²) in [6.45, 7) is 9.52. The van der Waals surface area contributed by atoms with Gasteiger partial charge in [0.2, 0.25) is 0 Å². The Morgan fingerprint density at radius 1 is 1.16 bits per heavy atom. The van der Waals surface area contributed by atoms with E-state index in [0.717, 1.165) is 11.3 Å². The molecule has 240 valence electrons. The average molecular weight is 677 g/mol. The first-order valence-corrected chi connectivity index (χ1v) is 14.4. The van der Waals surface area contributed by atoms with Crippen LogP contribution in [-0.2, 0) is 21.5 Å². The number of aliphatic carboxylic acids is 1. The van der Waals surface area contributed by atoms with Crippen molar-refractivity contribution < 1.29 is 33.7 Å². The molecular weight excluding hydrogens is 634 g/mol. The van der Waals surface area contributed by atoms with Crippen LogP contribution >= 0.6 is 17.0 Å². The number of carbonyl (C=O) groups excluding carboxylic acids is 2. The van der Waals surface area contributed by atoms with Crippen molar-refractivity contribution in [3.63, 3.8) is 0 Å². The number of hydrogen-bond donors (Lipinski definition) is 3. The number of fused-ring (bicyclic) bond motifs is 1. The summed E-state index contributed by atoms with van der Waals surface area (Å²) in [5, 5.41) is 20.3. The van der Waals surface area contributed by atoms with E-state index in [0.29, 0.717) is 67.4 Å². The number of pyridine rings is 1. The molecule has 1 fully saturated rings. The molecule has 13 heteroatoms. The fraction of sp³-hybridized carbons (Fsp3) is 0.516. The highest BCUT2D eigenvalue weighted by Crippen LogP contribution is 2.41. The lowest BCUT2D eigenvalue weighted by Crippen LogP contribution is -2.38. The fourth-order valence-electron chi connectivity index (χ4n) is 5.47. The quantitative estimate of drug-likeness (QED) is 0.300. The second-order valence-electron chi connectivity index (χ2n) is 11.7. The van der Waals surface area contributed by atoms with Crippen LogP contribution in [0.25, 0.3) is 0 Å². The predicted octanol–water partition coefficient (Wildman–Crippen LogP) is 3.82. The molecule has 0 aliphatic carbocycles. The summed E-state index contributed by atoms with van der Waals surface area (Å²) >= 11 is 0. The number of methoxy groups -OCH3 is 1. The number of aromatic nitrogens is 1. The van der Waals surface area contributed by atoms with E-state index in [9.17, 15) is 14.4 Å². The summed E-state index contributed by atoms with van der Waals surface area (Å²) in [6, 6.07) is 5.44. The zero-order chi connectivity index (χ0) is 31.5. The maximum absolute atomic E-state index is 13.8. The number of ketones is 1.